The number of rotatable bonds is 2. The summed E-state index contributed by atoms with van der Waals surface area (Å²) in [6.07, 6.45) is -0.497. The highest BCUT2D eigenvalue weighted by Gasteiger charge is 2.13. The fourth-order valence-electron chi connectivity index (χ4n) is 1.27. The lowest BCUT2D eigenvalue weighted by atomic mass is 10.0. The van der Waals surface area contributed by atoms with Crippen LogP contribution in [-0.4, -0.2) is 5.97 Å². The highest BCUT2D eigenvalue weighted by molar-refractivity contribution is 9.12. The number of carbonyl (C=O) groups excluding carboxylic acids is 1. The summed E-state index contributed by atoms with van der Waals surface area (Å²) in [7, 11) is 0. The molecule has 0 aliphatic rings. The molecule has 0 fully saturated rings. The van der Waals surface area contributed by atoms with Gasteiger partial charge in [-0.2, -0.15) is 0 Å². The van der Waals surface area contributed by atoms with Gasteiger partial charge in [-0.25, -0.2) is 0 Å². The van der Waals surface area contributed by atoms with Crippen LogP contribution in [0.15, 0.2) is 24.3 Å². The van der Waals surface area contributed by atoms with E-state index < -0.39 is 6.10 Å². The predicted molar refractivity (Wildman–Crippen MR) is 62.4 cm³/mol. The van der Waals surface area contributed by atoms with Crippen molar-refractivity contribution in [1.29, 1.82) is 0 Å². The molecule has 1 aromatic carbocycles. The lowest BCUT2D eigenvalue weighted by Gasteiger charge is -2.13. The monoisotopic (exact) mass is 266 g/mol. The lowest BCUT2D eigenvalue weighted by Crippen LogP contribution is -2.07. The fraction of sp³-hybridized carbons (Fsp3) is 0.250. The van der Waals surface area contributed by atoms with Crippen LogP contribution in [0.25, 0.3) is 0 Å². The summed E-state index contributed by atoms with van der Waals surface area (Å²) in [4.78, 5) is 13.5. The number of benzene rings is 1. The molecule has 0 amide bonds. The van der Waals surface area contributed by atoms with Crippen molar-refractivity contribution in [3.8, 4) is 10.8 Å². The van der Waals surface area contributed by atoms with Gasteiger partial charge in [0.05, 0.1) is 0 Å². The van der Waals surface area contributed by atoms with Gasteiger partial charge in [-0.05, 0) is 23.2 Å². The summed E-state index contributed by atoms with van der Waals surface area (Å²) in [6.45, 7) is 3.34. The molecule has 0 radical (unpaired) electrons. The minimum atomic E-state index is -0.497. The Bertz CT molecular complexity index is 415. The number of aryl methyl sites for hydroxylation is 1. The Labute approximate surface area is 97.8 Å². The van der Waals surface area contributed by atoms with Crippen molar-refractivity contribution in [3.63, 3.8) is 0 Å². The summed E-state index contributed by atoms with van der Waals surface area (Å²) in [5.74, 6) is 2.46. The van der Waals surface area contributed by atoms with E-state index >= 15 is 0 Å². The smallest absolute Gasteiger partial charge is 0.304 e. The van der Waals surface area contributed by atoms with E-state index in [4.69, 9.17) is 4.74 Å². The first-order valence-electron chi connectivity index (χ1n) is 4.49. The Morgan fingerprint density at radius 1 is 1.47 bits per heavy atom. The number of esters is 1. The minimum Gasteiger partial charge on any atom is -0.444 e. The van der Waals surface area contributed by atoms with Crippen molar-refractivity contribution in [1.82, 2.24) is 0 Å². The van der Waals surface area contributed by atoms with Crippen LogP contribution in [0.3, 0.4) is 0 Å². The molecule has 0 aliphatic heterocycles. The zero-order chi connectivity index (χ0) is 11.3. The maximum Gasteiger partial charge on any atom is 0.304 e. The number of hydrogen-bond donors (Lipinski definition) is 0. The van der Waals surface area contributed by atoms with Crippen molar-refractivity contribution in [2.24, 2.45) is 0 Å². The zero-order valence-corrected chi connectivity index (χ0v) is 10.2. The minimum absolute atomic E-state index is 0.335. The summed E-state index contributed by atoms with van der Waals surface area (Å²) < 4.78 is 5.12. The van der Waals surface area contributed by atoms with Crippen LogP contribution in [0.5, 0.6) is 0 Å². The Kier molecular flexibility index (Phi) is 4.38. The molecule has 0 heterocycles. The quantitative estimate of drug-likeness (QED) is 0.608. The molecule has 0 saturated heterocycles. The summed E-state index contributed by atoms with van der Waals surface area (Å²) >= 11 is 3.01. The molecule has 15 heavy (non-hydrogen) atoms. The van der Waals surface area contributed by atoms with E-state index in [-0.39, 0.29) is 5.97 Å². The predicted octanol–water partition coefficient (Wildman–Crippen LogP) is 2.96. The Balaban J connectivity index is 3.02. The largest absolute Gasteiger partial charge is 0.444 e. The first-order valence-corrected chi connectivity index (χ1v) is 5.28. The van der Waals surface area contributed by atoms with E-state index in [1.165, 1.54) is 6.92 Å². The van der Waals surface area contributed by atoms with Gasteiger partial charge < -0.3 is 4.74 Å². The number of hydrogen-bond acceptors (Lipinski definition) is 2. The molecule has 0 aliphatic carbocycles. The second kappa shape index (κ2) is 5.57. The van der Waals surface area contributed by atoms with E-state index in [0.717, 1.165) is 11.1 Å². The number of halogens is 1. The first kappa shape index (κ1) is 11.8. The van der Waals surface area contributed by atoms with Crippen LogP contribution in [0.2, 0.25) is 0 Å². The number of ether oxygens (including phenoxy) is 1. The summed E-state index contributed by atoms with van der Waals surface area (Å²) in [5.41, 5.74) is 1.97. The van der Waals surface area contributed by atoms with Crippen molar-refractivity contribution < 1.29 is 9.53 Å². The molecular weight excluding hydrogens is 256 g/mol. The van der Waals surface area contributed by atoms with Crippen molar-refractivity contribution in [3.05, 3.63) is 35.4 Å². The first-order chi connectivity index (χ1) is 7.15. The molecule has 1 aromatic rings. The summed E-state index contributed by atoms with van der Waals surface area (Å²) in [5, 5.41) is 0. The second-order valence-electron chi connectivity index (χ2n) is 3.08. The van der Waals surface area contributed by atoms with Gasteiger partial charge >= 0.3 is 5.97 Å². The standard InChI is InChI=1S/C12H11BrO2/c1-9-5-3-4-6-11(9)12(7-8-13)15-10(2)14/h3-6,12H,1-2H3. The van der Waals surface area contributed by atoms with Crippen molar-refractivity contribution in [2.45, 2.75) is 20.0 Å². The van der Waals surface area contributed by atoms with Crippen LogP contribution in [0.1, 0.15) is 24.2 Å². The molecule has 0 N–H and O–H groups in total. The topological polar surface area (TPSA) is 26.3 Å². The Hall–Kier alpha value is -1.27. The van der Waals surface area contributed by atoms with E-state index in [2.05, 4.69) is 26.7 Å². The van der Waals surface area contributed by atoms with Gasteiger partial charge in [0.15, 0.2) is 6.10 Å². The molecule has 0 bridgehead atoms. The van der Waals surface area contributed by atoms with E-state index in [1.54, 1.807) is 0 Å². The van der Waals surface area contributed by atoms with Gasteiger partial charge in [-0.15, -0.1) is 0 Å². The van der Waals surface area contributed by atoms with Crippen LogP contribution in [0.4, 0.5) is 0 Å². The maximum atomic E-state index is 10.9. The average Bonchev–Trinajstić information content (AvgIpc) is 2.17. The van der Waals surface area contributed by atoms with Gasteiger partial charge in [0.1, 0.15) is 0 Å². The van der Waals surface area contributed by atoms with Crippen LogP contribution in [0, 0.1) is 17.7 Å². The molecule has 0 aromatic heterocycles. The molecule has 0 spiro atoms. The molecule has 1 rings (SSSR count). The second-order valence-corrected chi connectivity index (χ2v) is 3.48. The van der Waals surface area contributed by atoms with Crippen LogP contribution in [-0.2, 0) is 9.53 Å². The third-order valence-corrected chi connectivity index (χ3v) is 2.17. The van der Waals surface area contributed by atoms with Gasteiger partial charge in [0, 0.05) is 28.4 Å². The van der Waals surface area contributed by atoms with E-state index in [9.17, 15) is 4.79 Å². The van der Waals surface area contributed by atoms with E-state index in [0.29, 0.717) is 0 Å². The van der Waals surface area contributed by atoms with Crippen LogP contribution < -0.4 is 0 Å². The third-order valence-electron chi connectivity index (χ3n) is 1.94. The number of carbonyl (C=O) groups is 1. The third kappa shape index (κ3) is 3.41. The lowest BCUT2D eigenvalue weighted by molar-refractivity contribution is -0.144. The molecule has 3 heteroatoms. The van der Waals surface area contributed by atoms with Gasteiger partial charge in [-0.1, -0.05) is 24.3 Å². The Morgan fingerprint density at radius 3 is 2.67 bits per heavy atom. The molecule has 1 atom stereocenters. The maximum absolute atomic E-state index is 10.9. The molecule has 78 valence electrons. The van der Waals surface area contributed by atoms with Gasteiger partial charge in [0.2, 0.25) is 0 Å². The van der Waals surface area contributed by atoms with Crippen LogP contribution >= 0.6 is 15.9 Å². The van der Waals surface area contributed by atoms with Gasteiger partial charge in [-0.3, -0.25) is 4.79 Å². The van der Waals surface area contributed by atoms with Gasteiger partial charge in [0.25, 0.3) is 0 Å². The average molecular weight is 267 g/mol. The zero-order valence-electron chi connectivity index (χ0n) is 8.58. The highest BCUT2D eigenvalue weighted by atomic mass is 79.9. The molecule has 1 unspecified atom stereocenters. The summed E-state index contributed by atoms with van der Waals surface area (Å²) in [6, 6.07) is 7.70. The fourth-order valence-corrected chi connectivity index (χ4v) is 1.48. The van der Waals surface area contributed by atoms with Crippen molar-refractivity contribution in [2.75, 3.05) is 0 Å². The van der Waals surface area contributed by atoms with Crippen molar-refractivity contribution >= 4 is 21.9 Å². The molecule has 2 nitrogen and oxygen atoms in total. The molecule has 0 saturated carbocycles. The highest BCUT2D eigenvalue weighted by Crippen LogP contribution is 2.20. The molecular formula is C12H11BrO2. The van der Waals surface area contributed by atoms with E-state index in [1.807, 2.05) is 31.2 Å². The normalized spacial score (nSPS) is 11.1. The Morgan fingerprint density at radius 2 is 2.13 bits per heavy atom. The SMILES string of the molecule is CC(=O)OC(C#CBr)c1ccccc1C.